The Balaban J connectivity index is 2.57. The van der Waals surface area contributed by atoms with Crippen LogP contribution in [0, 0.1) is 20.8 Å². The molecule has 0 bridgehead atoms. The van der Waals surface area contributed by atoms with Crippen LogP contribution in [0.1, 0.15) is 35.8 Å². The number of nitrogens with zero attached hydrogens (tertiary/aromatic N) is 1. The summed E-state index contributed by atoms with van der Waals surface area (Å²) >= 11 is 0. The maximum atomic E-state index is 9.03. The molecule has 0 aliphatic carbocycles. The maximum absolute atomic E-state index is 9.03. The summed E-state index contributed by atoms with van der Waals surface area (Å²) in [6, 6.07) is 3.78. The third-order valence-corrected chi connectivity index (χ3v) is 4.05. The SMILES string of the molecule is CCCc1c/c(=N\O)oc2cc(C)c3c(C)c(C)oc3c12. The molecule has 4 nitrogen and oxygen atoms in total. The smallest absolute Gasteiger partial charge is 0.255 e. The lowest BCUT2D eigenvalue weighted by atomic mass is 9.99. The summed E-state index contributed by atoms with van der Waals surface area (Å²) in [5.74, 6) is 0.930. The van der Waals surface area contributed by atoms with E-state index >= 15 is 0 Å². The van der Waals surface area contributed by atoms with Gasteiger partial charge in [0.05, 0.1) is 5.39 Å². The van der Waals surface area contributed by atoms with E-state index in [0.717, 1.165) is 46.1 Å². The molecule has 0 atom stereocenters. The summed E-state index contributed by atoms with van der Waals surface area (Å²) in [5.41, 5.74) is 5.16. The first kappa shape index (κ1) is 13.7. The standard InChI is InChI=1S/C17H19NO3/c1-5-6-12-8-14(18-19)21-13-7-9(2)15-10(3)11(4)20-17(15)16(12)13/h7-8,19H,5-6H2,1-4H3/b18-14+. The van der Waals surface area contributed by atoms with Gasteiger partial charge in [0.15, 0.2) is 0 Å². The minimum atomic E-state index is 0.227. The zero-order valence-electron chi connectivity index (χ0n) is 12.8. The Hall–Kier alpha value is -2.23. The maximum Gasteiger partial charge on any atom is 0.255 e. The molecule has 2 heterocycles. The van der Waals surface area contributed by atoms with Gasteiger partial charge < -0.3 is 14.0 Å². The van der Waals surface area contributed by atoms with Crippen LogP contribution in [0.15, 0.2) is 26.1 Å². The molecule has 0 spiro atoms. The zero-order chi connectivity index (χ0) is 15.1. The first-order valence-electron chi connectivity index (χ1n) is 7.21. The van der Waals surface area contributed by atoms with E-state index in [1.54, 1.807) is 6.07 Å². The number of benzene rings is 1. The van der Waals surface area contributed by atoms with E-state index in [2.05, 4.69) is 19.0 Å². The predicted octanol–water partition coefficient (Wildman–Crippen LogP) is 4.35. The Morgan fingerprint density at radius 1 is 1.10 bits per heavy atom. The second-order valence-electron chi connectivity index (χ2n) is 5.51. The van der Waals surface area contributed by atoms with Gasteiger partial charge in [-0.1, -0.05) is 13.3 Å². The third-order valence-electron chi connectivity index (χ3n) is 4.05. The topological polar surface area (TPSA) is 58.9 Å². The van der Waals surface area contributed by atoms with Crippen molar-refractivity contribution in [3.8, 4) is 0 Å². The van der Waals surface area contributed by atoms with Crippen LogP contribution >= 0.6 is 0 Å². The fourth-order valence-corrected chi connectivity index (χ4v) is 2.99. The minimum absolute atomic E-state index is 0.227. The Labute approximate surface area is 122 Å². The molecular weight excluding hydrogens is 266 g/mol. The summed E-state index contributed by atoms with van der Waals surface area (Å²) in [6.07, 6.45) is 1.88. The Bertz CT molecular complexity index is 900. The fraction of sp³-hybridized carbons (Fsp3) is 0.353. The van der Waals surface area contributed by atoms with Crippen molar-refractivity contribution in [1.29, 1.82) is 0 Å². The van der Waals surface area contributed by atoms with Gasteiger partial charge in [0.2, 0.25) is 0 Å². The molecule has 21 heavy (non-hydrogen) atoms. The molecule has 110 valence electrons. The molecule has 2 aromatic heterocycles. The average molecular weight is 285 g/mol. The van der Waals surface area contributed by atoms with E-state index in [1.165, 1.54) is 5.56 Å². The lowest BCUT2D eigenvalue weighted by Gasteiger charge is -2.07. The molecule has 0 saturated heterocycles. The Morgan fingerprint density at radius 3 is 2.52 bits per heavy atom. The summed E-state index contributed by atoms with van der Waals surface area (Å²) in [4.78, 5) is 0. The first-order chi connectivity index (χ1) is 10.1. The van der Waals surface area contributed by atoms with Crippen molar-refractivity contribution in [2.24, 2.45) is 5.16 Å². The van der Waals surface area contributed by atoms with Gasteiger partial charge in [-0.3, -0.25) is 0 Å². The van der Waals surface area contributed by atoms with E-state index in [1.807, 2.05) is 19.9 Å². The Morgan fingerprint density at radius 2 is 1.86 bits per heavy atom. The monoisotopic (exact) mass is 285 g/mol. The van der Waals surface area contributed by atoms with Gasteiger partial charge in [-0.15, -0.1) is 0 Å². The lowest BCUT2D eigenvalue weighted by molar-refractivity contribution is 0.276. The minimum Gasteiger partial charge on any atom is -0.460 e. The molecule has 0 fully saturated rings. The van der Waals surface area contributed by atoms with Crippen LogP contribution in [0.4, 0.5) is 0 Å². The number of fused-ring (bicyclic) bond motifs is 3. The van der Waals surface area contributed by atoms with Gasteiger partial charge in [0.25, 0.3) is 5.55 Å². The zero-order valence-corrected chi connectivity index (χ0v) is 12.8. The summed E-state index contributed by atoms with van der Waals surface area (Å²) in [7, 11) is 0. The molecule has 0 unspecified atom stereocenters. The van der Waals surface area contributed by atoms with E-state index in [-0.39, 0.29) is 5.55 Å². The second-order valence-corrected chi connectivity index (χ2v) is 5.51. The molecule has 0 saturated carbocycles. The van der Waals surface area contributed by atoms with Gasteiger partial charge in [-0.2, -0.15) is 0 Å². The van der Waals surface area contributed by atoms with Crippen molar-refractivity contribution in [3.63, 3.8) is 0 Å². The van der Waals surface area contributed by atoms with Gasteiger partial charge in [0.1, 0.15) is 16.9 Å². The predicted molar refractivity (Wildman–Crippen MR) is 81.5 cm³/mol. The van der Waals surface area contributed by atoms with Gasteiger partial charge in [-0.05, 0) is 55.1 Å². The Kier molecular flexibility index (Phi) is 3.24. The quantitative estimate of drug-likeness (QED) is 0.562. The molecule has 3 aromatic rings. The van der Waals surface area contributed by atoms with Crippen LogP contribution in [0.25, 0.3) is 21.9 Å². The van der Waals surface area contributed by atoms with Crippen LogP contribution in [0.3, 0.4) is 0 Å². The van der Waals surface area contributed by atoms with Crippen LogP contribution in [-0.2, 0) is 6.42 Å². The number of rotatable bonds is 2. The summed E-state index contributed by atoms with van der Waals surface area (Å²) in [5, 5.41) is 14.4. The van der Waals surface area contributed by atoms with Crippen molar-refractivity contribution in [1.82, 2.24) is 0 Å². The number of furan rings is 1. The second kappa shape index (κ2) is 4.95. The number of hydrogen-bond donors (Lipinski definition) is 1. The molecule has 0 aliphatic rings. The molecule has 4 heteroatoms. The number of hydrogen-bond acceptors (Lipinski definition) is 4. The van der Waals surface area contributed by atoms with Gasteiger partial charge in [0, 0.05) is 11.5 Å². The van der Waals surface area contributed by atoms with E-state index in [0.29, 0.717) is 5.58 Å². The fourth-order valence-electron chi connectivity index (χ4n) is 2.99. The van der Waals surface area contributed by atoms with Crippen molar-refractivity contribution in [2.45, 2.75) is 40.5 Å². The largest absolute Gasteiger partial charge is 0.460 e. The molecule has 3 rings (SSSR count). The molecule has 0 radical (unpaired) electrons. The number of aryl methyl sites for hydroxylation is 4. The van der Waals surface area contributed by atoms with Crippen molar-refractivity contribution in [3.05, 3.63) is 40.1 Å². The normalized spacial score (nSPS) is 12.7. The highest BCUT2D eigenvalue weighted by Crippen LogP contribution is 2.35. The van der Waals surface area contributed by atoms with Crippen LogP contribution in [0.5, 0.6) is 0 Å². The average Bonchev–Trinajstić information content (AvgIpc) is 2.75. The highest BCUT2D eigenvalue weighted by Gasteiger charge is 2.17. The van der Waals surface area contributed by atoms with Gasteiger partial charge in [-0.25, -0.2) is 0 Å². The van der Waals surface area contributed by atoms with Crippen molar-refractivity contribution < 1.29 is 14.0 Å². The highest BCUT2D eigenvalue weighted by atomic mass is 16.5. The van der Waals surface area contributed by atoms with Crippen molar-refractivity contribution >= 4 is 21.9 Å². The molecular formula is C17H19NO3. The van der Waals surface area contributed by atoms with Crippen LogP contribution < -0.4 is 5.55 Å². The summed E-state index contributed by atoms with van der Waals surface area (Å²) < 4.78 is 11.7. The van der Waals surface area contributed by atoms with Crippen molar-refractivity contribution in [2.75, 3.05) is 0 Å². The van der Waals surface area contributed by atoms with Gasteiger partial charge >= 0.3 is 0 Å². The van der Waals surface area contributed by atoms with Crippen LogP contribution in [-0.4, -0.2) is 5.21 Å². The van der Waals surface area contributed by atoms with E-state index in [4.69, 9.17) is 14.0 Å². The van der Waals surface area contributed by atoms with E-state index in [9.17, 15) is 0 Å². The molecule has 0 amide bonds. The first-order valence-corrected chi connectivity index (χ1v) is 7.21. The molecule has 1 aromatic carbocycles. The van der Waals surface area contributed by atoms with E-state index < -0.39 is 0 Å². The molecule has 1 N–H and O–H groups in total. The molecule has 0 aliphatic heterocycles. The third kappa shape index (κ3) is 2.02. The lowest BCUT2D eigenvalue weighted by Crippen LogP contribution is -2.03. The van der Waals surface area contributed by atoms with Crippen LogP contribution in [0.2, 0.25) is 0 Å². The highest BCUT2D eigenvalue weighted by molar-refractivity contribution is 6.06. The summed E-state index contributed by atoms with van der Waals surface area (Å²) in [6.45, 7) is 8.22.